The second kappa shape index (κ2) is 4.26. The highest BCUT2D eigenvalue weighted by atomic mass is 16.1. The number of nitrogens with zero attached hydrogens (tertiary/aromatic N) is 1. The molecule has 96 valence electrons. The summed E-state index contributed by atoms with van der Waals surface area (Å²) in [7, 11) is 2.12. The van der Waals surface area contributed by atoms with E-state index in [0.29, 0.717) is 12.0 Å². The minimum absolute atomic E-state index is 0.145. The van der Waals surface area contributed by atoms with Gasteiger partial charge in [0.05, 0.1) is 11.0 Å². The van der Waals surface area contributed by atoms with Gasteiger partial charge in [-0.25, -0.2) is 4.79 Å². The molecule has 1 fully saturated rings. The number of benzene rings is 1. The average Bonchev–Trinajstić information content (AvgIpc) is 2.90. The zero-order chi connectivity index (χ0) is 12.7. The lowest BCUT2D eigenvalue weighted by Gasteiger charge is -2.20. The van der Waals surface area contributed by atoms with Crippen LogP contribution in [0.4, 0.5) is 0 Å². The highest BCUT2D eigenvalue weighted by Gasteiger charge is 2.30. The van der Waals surface area contributed by atoms with Crippen molar-refractivity contribution in [3.8, 4) is 0 Å². The fraction of sp³-hybridized carbons (Fsp3) is 0.462. The fourth-order valence-corrected chi connectivity index (χ4v) is 3.00. The van der Waals surface area contributed by atoms with Gasteiger partial charge in [-0.15, -0.1) is 0 Å². The molecule has 1 saturated heterocycles. The number of rotatable bonds is 2. The van der Waals surface area contributed by atoms with Crippen molar-refractivity contribution in [2.24, 2.45) is 11.7 Å². The maximum atomic E-state index is 11.4. The third-order valence-corrected chi connectivity index (χ3v) is 3.91. The number of hydrogen-bond acceptors (Lipinski definition) is 3. The fourth-order valence-electron chi connectivity index (χ4n) is 3.00. The number of aromatic amines is 2. The van der Waals surface area contributed by atoms with Crippen LogP contribution >= 0.6 is 0 Å². The molecular weight excluding hydrogens is 228 g/mol. The lowest BCUT2D eigenvalue weighted by atomic mass is 9.99. The summed E-state index contributed by atoms with van der Waals surface area (Å²) in [4.78, 5) is 19.4. The Labute approximate surface area is 105 Å². The number of H-pyrrole nitrogens is 2. The first-order valence-electron chi connectivity index (χ1n) is 6.30. The van der Waals surface area contributed by atoms with Crippen molar-refractivity contribution in [3.63, 3.8) is 0 Å². The van der Waals surface area contributed by atoms with Gasteiger partial charge in [0, 0.05) is 12.6 Å². The molecule has 2 atom stereocenters. The molecule has 2 unspecified atom stereocenters. The third kappa shape index (κ3) is 1.76. The van der Waals surface area contributed by atoms with Gasteiger partial charge >= 0.3 is 5.69 Å². The summed E-state index contributed by atoms with van der Waals surface area (Å²) in [6, 6.07) is 6.34. The molecule has 4 N–H and O–H groups in total. The number of aromatic nitrogens is 2. The second-order valence-electron chi connectivity index (χ2n) is 5.14. The number of likely N-dealkylation sites (tertiary alicyclic amines) is 1. The van der Waals surface area contributed by atoms with E-state index in [0.717, 1.165) is 30.5 Å². The summed E-state index contributed by atoms with van der Waals surface area (Å²) >= 11 is 0. The van der Waals surface area contributed by atoms with Gasteiger partial charge in [0.15, 0.2) is 0 Å². The molecular formula is C13H18N4O. The molecule has 1 aromatic carbocycles. The molecule has 1 aliphatic rings. The SMILES string of the molecule is CN1CC(CN)CC1c1cccc2[nH]c(=O)[nH]c12. The molecule has 0 amide bonds. The molecule has 0 aliphatic carbocycles. The van der Waals surface area contributed by atoms with E-state index in [1.54, 1.807) is 0 Å². The molecule has 2 aromatic rings. The first kappa shape index (κ1) is 11.5. The van der Waals surface area contributed by atoms with Gasteiger partial charge < -0.3 is 15.7 Å². The second-order valence-corrected chi connectivity index (χ2v) is 5.14. The van der Waals surface area contributed by atoms with E-state index in [1.165, 1.54) is 5.56 Å². The van der Waals surface area contributed by atoms with Gasteiger partial charge in [-0.1, -0.05) is 12.1 Å². The Morgan fingerprint density at radius 1 is 1.44 bits per heavy atom. The molecule has 1 aromatic heterocycles. The Morgan fingerprint density at radius 2 is 2.28 bits per heavy atom. The maximum absolute atomic E-state index is 11.4. The molecule has 1 aliphatic heterocycles. The Morgan fingerprint density at radius 3 is 3.00 bits per heavy atom. The van der Waals surface area contributed by atoms with Crippen LogP contribution in [0, 0.1) is 5.92 Å². The number of fused-ring (bicyclic) bond motifs is 1. The molecule has 5 nitrogen and oxygen atoms in total. The van der Waals surface area contributed by atoms with E-state index in [1.807, 2.05) is 12.1 Å². The van der Waals surface area contributed by atoms with Crippen LogP contribution in [0.5, 0.6) is 0 Å². The quantitative estimate of drug-likeness (QED) is 0.733. The Hall–Kier alpha value is -1.59. The van der Waals surface area contributed by atoms with Crippen molar-refractivity contribution >= 4 is 11.0 Å². The van der Waals surface area contributed by atoms with Crippen molar-refractivity contribution in [3.05, 3.63) is 34.2 Å². The van der Waals surface area contributed by atoms with Gasteiger partial charge in [-0.2, -0.15) is 0 Å². The first-order chi connectivity index (χ1) is 8.69. The van der Waals surface area contributed by atoms with Gasteiger partial charge in [-0.3, -0.25) is 4.90 Å². The summed E-state index contributed by atoms with van der Waals surface area (Å²) in [5.41, 5.74) is 8.61. The van der Waals surface area contributed by atoms with Gasteiger partial charge in [0.1, 0.15) is 0 Å². The number of nitrogens with two attached hydrogens (primary N) is 1. The van der Waals surface area contributed by atoms with Crippen LogP contribution in [-0.4, -0.2) is 35.0 Å². The van der Waals surface area contributed by atoms with Crippen molar-refractivity contribution in [2.45, 2.75) is 12.5 Å². The van der Waals surface area contributed by atoms with E-state index >= 15 is 0 Å². The highest BCUT2D eigenvalue weighted by Crippen LogP contribution is 2.35. The van der Waals surface area contributed by atoms with Crippen LogP contribution in [0.1, 0.15) is 18.0 Å². The topological polar surface area (TPSA) is 77.9 Å². The Balaban J connectivity index is 2.06. The van der Waals surface area contributed by atoms with Crippen molar-refractivity contribution in [2.75, 3.05) is 20.1 Å². The lowest BCUT2D eigenvalue weighted by molar-refractivity contribution is 0.315. The smallest absolute Gasteiger partial charge is 0.323 e. The van der Waals surface area contributed by atoms with Crippen LogP contribution in [0.2, 0.25) is 0 Å². The third-order valence-electron chi connectivity index (χ3n) is 3.91. The summed E-state index contributed by atoms with van der Waals surface area (Å²) in [5, 5.41) is 0. The minimum Gasteiger partial charge on any atom is -0.330 e. The molecule has 0 saturated carbocycles. The monoisotopic (exact) mass is 246 g/mol. The molecule has 3 rings (SSSR count). The van der Waals surface area contributed by atoms with Gasteiger partial charge in [0.2, 0.25) is 0 Å². The molecule has 2 heterocycles. The number of para-hydroxylation sites is 1. The zero-order valence-corrected chi connectivity index (χ0v) is 10.4. The molecule has 0 spiro atoms. The number of imidazole rings is 1. The number of hydrogen-bond donors (Lipinski definition) is 3. The highest BCUT2D eigenvalue weighted by molar-refractivity contribution is 5.78. The summed E-state index contributed by atoms with van der Waals surface area (Å²) in [6.07, 6.45) is 1.05. The average molecular weight is 246 g/mol. The molecule has 5 heteroatoms. The van der Waals surface area contributed by atoms with Crippen LogP contribution in [0.25, 0.3) is 11.0 Å². The standard InChI is InChI=1S/C13H18N4O/c1-17-7-8(6-14)5-11(17)9-3-2-4-10-12(9)16-13(18)15-10/h2-4,8,11H,5-7,14H2,1H3,(H2,15,16,18). The van der Waals surface area contributed by atoms with E-state index < -0.39 is 0 Å². The largest absolute Gasteiger partial charge is 0.330 e. The Bertz CT molecular complexity index is 615. The lowest BCUT2D eigenvalue weighted by Crippen LogP contribution is -2.20. The summed E-state index contributed by atoms with van der Waals surface area (Å²) in [5.74, 6) is 0.543. The van der Waals surface area contributed by atoms with E-state index in [9.17, 15) is 4.79 Å². The van der Waals surface area contributed by atoms with Crippen LogP contribution in [0.15, 0.2) is 23.0 Å². The molecule has 0 bridgehead atoms. The van der Waals surface area contributed by atoms with Gasteiger partial charge in [0.25, 0.3) is 0 Å². The van der Waals surface area contributed by atoms with Crippen molar-refractivity contribution in [1.82, 2.24) is 14.9 Å². The predicted octanol–water partition coefficient (Wildman–Crippen LogP) is 0.808. The molecule has 0 radical (unpaired) electrons. The minimum atomic E-state index is -0.145. The first-order valence-corrected chi connectivity index (χ1v) is 6.30. The number of nitrogens with one attached hydrogen (secondary N) is 2. The maximum Gasteiger partial charge on any atom is 0.323 e. The van der Waals surface area contributed by atoms with E-state index in [-0.39, 0.29) is 5.69 Å². The van der Waals surface area contributed by atoms with E-state index in [4.69, 9.17) is 5.73 Å². The summed E-state index contributed by atoms with van der Waals surface area (Å²) < 4.78 is 0. The zero-order valence-electron chi connectivity index (χ0n) is 10.4. The van der Waals surface area contributed by atoms with Crippen LogP contribution in [-0.2, 0) is 0 Å². The van der Waals surface area contributed by atoms with E-state index in [2.05, 4.69) is 28.0 Å². The van der Waals surface area contributed by atoms with Crippen molar-refractivity contribution in [1.29, 1.82) is 0 Å². The Kier molecular flexibility index (Phi) is 2.72. The molecule has 18 heavy (non-hydrogen) atoms. The van der Waals surface area contributed by atoms with Gasteiger partial charge in [-0.05, 0) is 37.6 Å². The summed E-state index contributed by atoms with van der Waals surface area (Å²) in [6.45, 7) is 1.74. The normalized spacial score (nSPS) is 25.0. The van der Waals surface area contributed by atoms with Crippen molar-refractivity contribution < 1.29 is 0 Å². The predicted molar refractivity (Wildman–Crippen MR) is 71.5 cm³/mol. The van der Waals surface area contributed by atoms with Crippen LogP contribution < -0.4 is 11.4 Å². The van der Waals surface area contributed by atoms with Crippen LogP contribution in [0.3, 0.4) is 0 Å².